The number of hydrogen-bond acceptors (Lipinski definition) is 4. The molecule has 0 aliphatic carbocycles. The van der Waals surface area contributed by atoms with Crippen LogP contribution in [-0.4, -0.2) is 22.1 Å². The van der Waals surface area contributed by atoms with Gasteiger partial charge in [-0.3, -0.25) is 9.48 Å². The maximum Gasteiger partial charge on any atom is 0.573 e. The summed E-state index contributed by atoms with van der Waals surface area (Å²) in [7, 11) is 1.77. The zero-order valence-electron chi connectivity index (χ0n) is 14.5. The highest BCUT2D eigenvalue weighted by Crippen LogP contribution is 2.27. The highest BCUT2D eigenvalue weighted by Gasteiger charge is 2.31. The van der Waals surface area contributed by atoms with Crippen LogP contribution in [0.4, 0.5) is 18.9 Å². The smallest absolute Gasteiger partial charge is 0.406 e. The molecule has 1 atom stereocenters. The Labute approximate surface area is 148 Å². The van der Waals surface area contributed by atoms with Gasteiger partial charge in [-0.25, -0.2) is 0 Å². The number of nitrogens with zero attached hydrogens (tertiary/aromatic N) is 2. The summed E-state index contributed by atoms with van der Waals surface area (Å²) in [5.74, 6) is -0.766. The summed E-state index contributed by atoms with van der Waals surface area (Å²) < 4.78 is 42.2. The highest BCUT2D eigenvalue weighted by molar-refractivity contribution is 5.96. The van der Waals surface area contributed by atoms with Crippen LogP contribution in [0.5, 0.6) is 5.75 Å². The van der Waals surface area contributed by atoms with Crippen molar-refractivity contribution in [2.45, 2.75) is 26.3 Å². The Morgan fingerprint density at radius 3 is 2.62 bits per heavy atom. The number of benzene rings is 1. The molecule has 0 aliphatic rings. The van der Waals surface area contributed by atoms with E-state index in [0.29, 0.717) is 11.3 Å². The van der Waals surface area contributed by atoms with E-state index in [0.717, 1.165) is 11.6 Å². The van der Waals surface area contributed by atoms with Crippen LogP contribution in [0.2, 0.25) is 0 Å². The molecule has 26 heavy (non-hydrogen) atoms. The van der Waals surface area contributed by atoms with Gasteiger partial charge in [0.05, 0.1) is 17.9 Å². The molecule has 2 N–H and O–H groups in total. The minimum atomic E-state index is -4.76. The third-order valence-corrected chi connectivity index (χ3v) is 3.56. The van der Waals surface area contributed by atoms with Crippen molar-refractivity contribution in [1.29, 1.82) is 0 Å². The molecule has 1 heterocycles. The minimum absolute atomic E-state index is 0.0633. The summed E-state index contributed by atoms with van der Waals surface area (Å²) in [5, 5.41) is 9.60. The Hall–Kier alpha value is -2.97. The van der Waals surface area contributed by atoms with Crippen molar-refractivity contribution < 1.29 is 22.7 Å². The number of carbonyl (C=O) groups excluding carboxylic acids is 1. The molecule has 0 aliphatic heterocycles. The second-order valence-electron chi connectivity index (χ2n) is 5.77. The van der Waals surface area contributed by atoms with Gasteiger partial charge in [-0.05, 0) is 37.6 Å². The van der Waals surface area contributed by atoms with Crippen LogP contribution in [0, 0.1) is 6.92 Å². The summed E-state index contributed by atoms with van der Waals surface area (Å²) in [4.78, 5) is 12.2. The van der Waals surface area contributed by atoms with Gasteiger partial charge >= 0.3 is 6.36 Å². The standard InChI is InChI=1S/C17H19F3N4O2/c1-10-7-14(26-17(18,19)20)5-6-15(10)22-12(3)16(25)23-11(2)13-8-21-24(4)9-13/h5-9,11,22H,3H2,1-2,4H3,(H,23,25). The number of alkyl halides is 3. The lowest BCUT2D eigenvalue weighted by Crippen LogP contribution is -2.30. The van der Waals surface area contributed by atoms with Gasteiger partial charge in [-0.2, -0.15) is 5.10 Å². The number of ether oxygens (including phenoxy) is 1. The summed E-state index contributed by atoms with van der Waals surface area (Å²) in [6, 6.07) is 3.49. The molecule has 0 saturated carbocycles. The number of hydrogen-bond donors (Lipinski definition) is 2. The van der Waals surface area contributed by atoms with Crippen LogP contribution in [0.3, 0.4) is 0 Å². The highest BCUT2D eigenvalue weighted by atomic mass is 19.4. The number of rotatable bonds is 6. The fourth-order valence-corrected chi connectivity index (χ4v) is 2.22. The van der Waals surface area contributed by atoms with Gasteiger partial charge in [0.2, 0.25) is 0 Å². The van der Waals surface area contributed by atoms with Crippen molar-refractivity contribution in [2.75, 3.05) is 5.32 Å². The average molecular weight is 368 g/mol. The molecule has 1 amide bonds. The summed E-state index contributed by atoms with van der Waals surface area (Å²) >= 11 is 0. The largest absolute Gasteiger partial charge is 0.573 e. The van der Waals surface area contributed by atoms with E-state index in [9.17, 15) is 18.0 Å². The molecule has 1 aromatic heterocycles. The summed E-state index contributed by atoms with van der Waals surface area (Å²) in [6.45, 7) is 7.06. The van der Waals surface area contributed by atoms with Gasteiger partial charge in [-0.1, -0.05) is 6.58 Å². The lowest BCUT2D eigenvalue weighted by atomic mass is 10.1. The minimum Gasteiger partial charge on any atom is -0.406 e. The SMILES string of the molecule is C=C(Nc1ccc(OC(F)(F)F)cc1C)C(=O)NC(C)c1cnn(C)c1. The normalized spacial score (nSPS) is 12.4. The molecular formula is C17H19F3N4O2. The molecule has 9 heteroatoms. The van der Waals surface area contributed by atoms with E-state index in [-0.39, 0.29) is 17.5 Å². The molecule has 0 fully saturated rings. The van der Waals surface area contributed by atoms with Crippen LogP contribution in [0.25, 0.3) is 0 Å². The Morgan fingerprint density at radius 2 is 2.08 bits per heavy atom. The first-order valence-electron chi connectivity index (χ1n) is 7.67. The number of nitrogens with one attached hydrogen (secondary N) is 2. The van der Waals surface area contributed by atoms with Gasteiger partial charge in [-0.15, -0.1) is 13.2 Å². The Bertz CT molecular complexity index is 815. The van der Waals surface area contributed by atoms with Gasteiger partial charge in [0.25, 0.3) is 5.91 Å². The number of halogens is 3. The van der Waals surface area contributed by atoms with E-state index >= 15 is 0 Å². The molecule has 140 valence electrons. The first kappa shape index (κ1) is 19.4. The van der Waals surface area contributed by atoms with Gasteiger partial charge in [0, 0.05) is 24.5 Å². The topological polar surface area (TPSA) is 68.2 Å². The monoisotopic (exact) mass is 368 g/mol. The number of aromatic nitrogens is 2. The third-order valence-electron chi connectivity index (χ3n) is 3.56. The first-order valence-corrected chi connectivity index (χ1v) is 7.67. The molecule has 0 radical (unpaired) electrons. The Kier molecular flexibility index (Phi) is 5.59. The van der Waals surface area contributed by atoms with E-state index < -0.39 is 12.3 Å². The molecular weight excluding hydrogens is 349 g/mol. The summed E-state index contributed by atoms with van der Waals surface area (Å²) in [5.41, 5.74) is 1.82. The van der Waals surface area contributed by atoms with E-state index in [1.165, 1.54) is 12.1 Å². The number of amides is 1. The van der Waals surface area contributed by atoms with E-state index in [1.807, 2.05) is 0 Å². The lowest BCUT2D eigenvalue weighted by Gasteiger charge is -2.16. The fourth-order valence-electron chi connectivity index (χ4n) is 2.22. The second kappa shape index (κ2) is 7.51. The average Bonchev–Trinajstić information content (AvgIpc) is 2.95. The van der Waals surface area contributed by atoms with Crippen molar-refractivity contribution in [1.82, 2.24) is 15.1 Å². The number of anilines is 1. The Morgan fingerprint density at radius 1 is 1.38 bits per heavy atom. The van der Waals surface area contributed by atoms with Crippen molar-refractivity contribution in [3.05, 3.63) is 54.0 Å². The number of carbonyl (C=O) groups is 1. The molecule has 0 saturated heterocycles. The molecule has 0 bridgehead atoms. The maximum atomic E-state index is 12.2. The molecule has 0 spiro atoms. The lowest BCUT2D eigenvalue weighted by molar-refractivity contribution is -0.274. The maximum absolute atomic E-state index is 12.2. The van der Waals surface area contributed by atoms with Crippen molar-refractivity contribution >= 4 is 11.6 Å². The van der Waals surface area contributed by atoms with Crippen LogP contribution >= 0.6 is 0 Å². The predicted octanol–water partition coefficient (Wildman–Crippen LogP) is 3.43. The zero-order valence-corrected chi connectivity index (χ0v) is 14.5. The fraction of sp³-hybridized carbons (Fsp3) is 0.294. The van der Waals surface area contributed by atoms with Crippen LogP contribution in [0.15, 0.2) is 42.9 Å². The molecule has 2 aromatic rings. The number of aryl methyl sites for hydroxylation is 2. The molecule has 6 nitrogen and oxygen atoms in total. The van der Waals surface area contributed by atoms with Crippen molar-refractivity contribution in [3.63, 3.8) is 0 Å². The first-order chi connectivity index (χ1) is 12.0. The summed E-state index contributed by atoms with van der Waals surface area (Å²) in [6.07, 6.45) is -1.33. The van der Waals surface area contributed by atoms with Gasteiger partial charge in [0.1, 0.15) is 5.75 Å². The van der Waals surface area contributed by atoms with E-state index in [1.54, 1.807) is 38.0 Å². The van der Waals surface area contributed by atoms with Crippen LogP contribution < -0.4 is 15.4 Å². The van der Waals surface area contributed by atoms with Gasteiger partial charge in [0.15, 0.2) is 0 Å². The van der Waals surface area contributed by atoms with Crippen LogP contribution in [-0.2, 0) is 11.8 Å². The van der Waals surface area contributed by atoms with E-state index in [4.69, 9.17) is 0 Å². The third kappa shape index (κ3) is 5.27. The zero-order chi connectivity index (χ0) is 19.5. The van der Waals surface area contributed by atoms with Crippen LogP contribution in [0.1, 0.15) is 24.1 Å². The second-order valence-corrected chi connectivity index (χ2v) is 5.77. The van der Waals surface area contributed by atoms with E-state index in [2.05, 4.69) is 27.0 Å². The molecule has 1 aromatic carbocycles. The molecule has 1 unspecified atom stereocenters. The van der Waals surface area contributed by atoms with Crippen molar-refractivity contribution in [3.8, 4) is 5.75 Å². The quantitative estimate of drug-likeness (QED) is 0.767. The molecule has 2 rings (SSSR count). The Balaban J connectivity index is 1.99. The van der Waals surface area contributed by atoms with Crippen molar-refractivity contribution in [2.24, 2.45) is 7.05 Å². The predicted molar refractivity (Wildman–Crippen MR) is 90.4 cm³/mol. The van der Waals surface area contributed by atoms with Gasteiger partial charge < -0.3 is 15.4 Å².